The van der Waals surface area contributed by atoms with E-state index in [4.69, 9.17) is 0 Å². The fraction of sp³-hybridized carbons (Fsp3) is 0.200. The number of aromatic nitrogens is 2. The van der Waals surface area contributed by atoms with Crippen LogP contribution in [0.3, 0.4) is 0 Å². The van der Waals surface area contributed by atoms with E-state index in [2.05, 4.69) is 38.4 Å². The topological polar surface area (TPSA) is 124 Å². The van der Waals surface area contributed by atoms with Crippen molar-refractivity contribution in [1.82, 2.24) is 20.0 Å². The standard InChI is InChI=1S/C25H24N4O4S2/c1-3-35(32,33)27-12-11-26-25(31)20-15-19-10-6-9-18(23(19)29-20)8-5-4-7-17-13-21(30)24-22(14-17)34-16(2)28-24/h3,6,9-10,13-15,27,29-30H,1,5,8,11-12H2,2H3,(H,26,31). The lowest BCUT2D eigenvalue weighted by Gasteiger charge is -2.04. The van der Waals surface area contributed by atoms with E-state index >= 15 is 0 Å². The van der Waals surface area contributed by atoms with Crippen molar-refractivity contribution < 1.29 is 18.3 Å². The lowest BCUT2D eigenvalue weighted by molar-refractivity contribution is 0.0950. The number of nitrogens with zero attached hydrogens (tertiary/aromatic N) is 1. The van der Waals surface area contributed by atoms with Gasteiger partial charge in [-0.15, -0.1) is 11.3 Å². The van der Waals surface area contributed by atoms with Crippen molar-refractivity contribution in [2.75, 3.05) is 13.1 Å². The average Bonchev–Trinajstić information content (AvgIpc) is 3.43. The number of aromatic amines is 1. The quantitative estimate of drug-likeness (QED) is 0.214. The van der Waals surface area contributed by atoms with E-state index in [-0.39, 0.29) is 24.7 Å². The number of phenols is 1. The van der Waals surface area contributed by atoms with Crippen LogP contribution in [0.15, 0.2) is 48.4 Å². The van der Waals surface area contributed by atoms with Crippen LogP contribution in [0, 0.1) is 18.8 Å². The number of benzene rings is 2. The molecule has 0 unspecified atom stereocenters. The van der Waals surface area contributed by atoms with Crippen LogP contribution >= 0.6 is 11.3 Å². The van der Waals surface area contributed by atoms with Gasteiger partial charge in [0.15, 0.2) is 0 Å². The Labute approximate surface area is 207 Å². The number of carbonyl (C=O) groups excluding carboxylic acids is 1. The highest BCUT2D eigenvalue weighted by molar-refractivity contribution is 7.92. The fourth-order valence-electron chi connectivity index (χ4n) is 3.63. The molecule has 1 amide bonds. The van der Waals surface area contributed by atoms with Crippen molar-refractivity contribution in [2.45, 2.75) is 19.8 Å². The predicted octanol–water partition coefficient (Wildman–Crippen LogP) is 3.57. The Morgan fingerprint density at radius 1 is 1.29 bits per heavy atom. The minimum atomic E-state index is -3.52. The number of hydrogen-bond donors (Lipinski definition) is 4. The van der Waals surface area contributed by atoms with Crippen molar-refractivity contribution in [3.8, 4) is 17.6 Å². The number of hydrogen-bond acceptors (Lipinski definition) is 6. The summed E-state index contributed by atoms with van der Waals surface area (Å²) in [7, 11) is -3.52. The Morgan fingerprint density at radius 3 is 2.91 bits per heavy atom. The molecule has 0 atom stereocenters. The molecule has 2 heterocycles. The number of phenolic OH excluding ortho intramolecular Hbond substituents is 1. The minimum Gasteiger partial charge on any atom is -0.506 e. The summed E-state index contributed by atoms with van der Waals surface area (Å²) in [6, 6.07) is 11.2. The molecule has 0 aliphatic rings. The van der Waals surface area contributed by atoms with Gasteiger partial charge in [-0.2, -0.15) is 0 Å². The molecule has 0 saturated carbocycles. The monoisotopic (exact) mass is 508 g/mol. The summed E-state index contributed by atoms with van der Waals surface area (Å²) in [6.45, 7) is 5.34. The molecule has 2 aromatic heterocycles. The largest absolute Gasteiger partial charge is 0.506 e. The van der Waals surface area contributed by atoms with E-state index in [1.807, 2.05) is 31.2 Å². The average molecular weight is 509 g/mol. The molecule has 0 radical (unpaired) electrons. The van der Waals surface area contributed by atoms with E-state index in [0.29, 0.717) is 24.1 Å². The van der Waals surface area contributed by atoms with Crippen molar-refractivity contribution >= 4 is 48.4 Å². The molecule has 0 saturated heterocycles. The molecule has 180 valence electrons. The third-order valence-corrected chi connectivity index (χ3v) is 7.22. The Morgan fingerprint density at radius 2 is 2.11 bits per heavy atom. The van der Waals surface area contributed by atoms with Crippen molar-refractivity contribution in [3.05, 3.63) is 70.2 Å². The molecule has 10 heteroatoms. The molecule has 4 rings (SSSR count). The molecule has 0 fully saturated rings. The van der Waals surface area contributed by atoms with Crippen LogP contribution in [-0.2, 0) is 16.4 Å². The van der Waals surface area contributed by atoms with Gasteiger partial charge in [0.1, 0.15) is 17.0 Å². The number of H-pyrrole nitrogens is 1. The number of carbonyl (C=O) groups is 1. The molecular weight excluding hydrogens is 484 g/mol. The number of amides is 1. The van der Waals surface area contributed by atoms with Crippen LogP contribution < -0.4 is 10.0 Å². The molecule has 0 bridgehead atoms. The summed E-state index contributed by atoms with van der Waals surface area (Å²) >= 11 is 1.52. The van der Waals surface area contributed by atoms with E-state index in [1.54, 1.807) is 12.1 Å². The molecule has 8 nitrogen and oxygen atoms in total. The predicted molar refractivity (Wildman–Crippen MR) is 139 cm³/mol. The lowest BCUT2D eigenvalue weighted by Crippen LogP contribution is -2.34. The van der Waals surface area contributed by atoms with Gasteiger partial charge in [-0.1, -0.05) is 36.6 Å². The maximum absolute atomic E-state index is 12.5. The number of para-hydroxylation sites is 1. The highest BCUT2D eigenvalue weighted by Crippen LogP contribution is 2.30. The Bertz CT molecular complexity index is 1590. The van der Waals surface area contributed by atoms with Crippen molar-refractivity contribution in [3.63, 3.8) is 0 Å². The van der Waals surface area contributed by atoms with E-state index in [1.165, 1.54) is 11.3 Å². The van der Waals surface area contributed by atoms with Crippen LogP contribution in [0.2, 0.25) is 0 Å². The zero-order chi connectivity index (χ0) is 25.0. The second-order valence-corrected chi connectivity index (χ2v) is 10.7. The zero-order valence-corrected chi connectivity index (χ0v) is 20.6. The molecule has 0 spiro atoms. The highest BCUT2D eigenvalue weighted by Gasteiger charge is 2.12. The molecule has 2 aromatic carbocycles. The number of nitrogens with one attached hydrogen (secondary N) is 3. The van der Waals surface area contributed by atoms with Gasteiger partial charge >= 0.3 is 0 Å². The number of aryl methyl sites for hydroxylation is 2. The third kappa shape index (κ3) is 5.89. The third-order valence-electron chi connectivity index (χ3n) is 5.25. The zero-order valence-electron chi connectivity index (χ0n) is 19.0. The van der Waals surface area contributed by atoms with Crippen molar-refractivity contribution in [2.24, 2.45) is 0 Å². The SMILES string of the molecule is C=CS(=O)(=O)NCCNC(=O)c1cc2cccc(CCC#Cc3cc(O)c4nc(C)sc4c3)c2[nH]1. The first-order valence-electron chi connectivity index (χ1n) is 10.9. The number of thiazole rings is 1. The Balaban J connectivity index is 1.40. The summed E-state index contributed by atoms with van der Waals surface area (Å²) in [5, 5.41) is 15.5. The second kappa shape index (κ2) is 10.3. The molecule has 4 aromatic rings. The summed E-state index contributed by atoms with van der Waals surface area (Å²) in [5.74, 6) is 6.09. The number of fused-ring (bicyclic) bond motifs is 2. The summed E-state index contributed by atoms with van der Waals surface area (Å²) < 4.78 is 25.9. The van der Waals surface area contributed by atoms with Gasteiger partial charge in [-0.05, 0) is 37.1 Å². The van der Waals surface area contributed by atoms with Crippen LogP contribution in [0.25, 0.3) is 21.1 Å². The summed E-state index contributed by atoms with van der Waals surface area (Å²) in [4.78, 5) is 20.0. The van der Waals surface area contributed by atoms with Crippen LogP contribution in [0.5, 0.6) is 5.75 Å². The van der Waals surface area contributed by atoms with Gasteiger partial charge in [0.2, 0.25) is 10.0 Å². The van der Waals surface area contributed by atoms with Crippen LogP contribution in [-0.4, -0.2) is 42.5 Å². The molecule has 35 heavy (non-hydrogen) atoms. The summed E-state index contributed by atoms with van der Waals surface area (Å²) in [6.07, 6.45) is 1.28. The Kier molecular flexibility index (Phi) is 7.21. The minimum absolute atomic E-state index is 0.0670. The van der Waals surface area contributed by atoms with Gasteiger partial charge in [0.05, 0.1) is 9.71 Å². The van der Waals surface area contributed by atoms with E-state index in [9.17, 15) is 18.3 Å². The Hall–Kier alpha value is -3.65. The number of sulfonamides is 1. The first-order valence-corrected chi connectivity index (χ1v) is 13.2. The maximum Gasteiger partial charge on any atom is 0.267 e. The highest BCUT2D eigenvalue weighted by atomic mass is 32.2. The normalized spacial score (nSPS) is 11.3. The summed E-state index contributed by atoms with van der Waals surface area (Å²) in [5.41, 5.74) is 3.64. The van der Waals surface area contributed by atoms with Crippen molar-refractivity contribution in [1.29, 1.82) is 0 Å². The molecule has 4 N–H and O–H groups in total. The smallest absolute Gasteiger partial charge is 0.267 e. The number of aromatic hydroxyl groups is 1. The fourth-order valence-corrected chi connectivity index (χ4v) is 5.02. The molecule has 0 aliphatic heterocycles. The molecular formula is C25H24N4O4S2. The first-order chi connectivity index (χ1) is 16.8. The van der Waals surface area contributed by atoms with E-state index in [0.717, 1.165) is 37.1 Å². The number of rotatable bonds is 8. The van der Waals surface area contributed by atoms with Gasteiger partial charge in [-0.25, -0.2) is 18.1 Å². The van der Waals surface area contributed by atoms with Gasteiger partial charge < -0.3 is 15.4 Å². The maximum atomic E-state index is 12.5. The van der Waals surface area contributed by atoms with Crippen LogP contribution in [0.4, 0.5) is 0 Å². The van der Waals surface area contributed by atoms with E-state index < -0.39 is 10.0 Å². The first kappa shape index (κ1) is 24.5. The molecule has 0 aliphatic carbocycles. The van der Waals surface area contributed by atoms with Gasteiger partial charge in [0, 0.05) is 41.4 Å². The van der Waals surface area contributed by atoms with Crippen LogP contribution in [0.1, 0.15) is 33.0 Å². The van der Waals surface area contributed by atoms with Gasteiger partial charge in [0.25, 0.3) is 5.91 Å². The lowest BCUT2D eigenvalue weighted by atomic mass is 10.1. The second-order valence-electron chi connectivity index (χ2n) is 7.80. The van der Waals surface area contributed by atoms with Gasteiger partial charge in [-0.3, -0.25) is 4.79 Å².